The second-order valence-electron chi connectivity index (χ2n) is 12.6. The van der Waals surface area contributed by atoms with E-state index in [1.54, 1.807) is 0 Å². The third-order valence-corrected chi connectivity index (χ3v) is 14.3. The Bertz CT molecular complexity index is 1510. The average Bonchev–Trinajstić information content (AvgIpc) is 3.11. The van der Waals surface area contributed by atoms with Gasteiger partial charge in [0.1, 0.15) is 0 Å². The number of ether oxygens (including phenoxy) is 1. The van der Waals surface area contributed by atoms with Crippen molar-refractivity contribution in [3.63, 3.8) is 0 Å². The number of hydrogen-bond acceptors (Lipinski definition) is 3. The van der Waals surface area contributed by atoms with Gasteiger partial charge < -0.3 is 5.73 Å². The number of nitrogens with one attached hydrogen (secondary N) is 2. The van der Waals surface area contributed by atoms with Gasteiger partial charge in [0.15, 0.2) is 6.17 Å². The molecule has 0 radical (unpaired) electrons. The Kier molecular flexibility index (Phi) is 11.7. The van der Waals surface area contributed by atoms with Crippen LogP contribution < -0.4 is 37.0 Å². The van der Waals surface area contributed by atoms with Crippen molar-refractivity contribution in [1.82, 2.24) is 10.6 Å². The van der Waals surface area contributed by atoms with Crippen molar-refractivity contribution in [2.75, 3.05) is 26.9 Å². The fraction of sp³-hybridized carbons (Fsp3) is 0.333. The Morgan fingerprint density at radius 1 is 0.681 bits per heavy atom. The minimum Gasteiger partial charge on any atom is -0.251 e. The summed E-state index contributed by atoms with van der Waals surface area (Å²) in [5.41, 5.74) is 6.99. The molecule has 1 heterocycles. The molecular weight excluding hydrogens is 604 g/mol. The number of unbranched alkanes of at least 4 members (excludes halogenated alkanes) is 7. The monoisotopic (exact) mass is 654 g/mol. The van der Waals surface area contributed by atoms with Gasteiger partial charge in [0, 0.05) is 5.56 Å². The SMILES string of the molecule is C[N+](C)=C1NC(N)=NC(c2ccc(OCCCCCCCCCCP(F)(c3ccccc3)(c3ccccc3)c3ccccc3)cc2)N1. The molecule has 8 heteroatoms. The van der Waals surface area contributed by atoms with Crippen LogP contribution in [0.5, 0.6) is 5.75 Å². The van der Waals surface area contributed by atoms with E-state index in [9.17, 15) is 0 Å². The maximum absolute atomic E-state index is 18.5. The topological polar surface area (TPSA) is 74.7 Å². The van der Waals surface area contributed by atoms with Crippen molar-refractivity contribution < 1.29 is 13.5 Å². The minimum absolute atomic E-state index is 0.234. The first-order valence-electron chi connectivity index (χ1n) is 16.9. The summed E-state index contributed by atoms with van der Waals surface area (Å²) in [7, 11) is 3.89. The van der Waals surface area contributed by atoms with E-state index in [-0.39, 0.29) is 6.17 Å². The number of benzene rings is 4. The van der Waals surface area contributed by atoms with Crippen LogP contribution in [-0.4, -0.2) is 43.4 Å². The number of nitrogens with zero attached hydrogens (tertiary/aromatic N) is 2. The Morgan fingerprint density at radius 2 is 1.15 bits per heavy atom. The van der Waals surface area contributed by atoms with Crippen molar-refractivity contribution in [3.05, 3.63) is 121 Å². The van der Waals surface area contributed by atoms with Gasteiger partial charge >= 0.3 is 199 Å². The summed E-state index contributed by atoms with van der Waals surface area (Å²) in [4.78, 5) is 4.46. The van der Waals surface area contributed by atoms with Gasteiger partial charge in [-0.2, -0.15) is 4.99 Å². The molecule has 1 unspecified atom stereocenters. The molecule has 47 heavy (non-hydrogen) atoms. The molecule has 6 nitrogen and oxygen atoms in total. The summed E-state index contributed by atoms with van der Waals surface area (Å²) >= 11 is 0. The van der Waals surface area contributed by atoms with Crippen molar-refractivity contribution in [3.8, 4) is 5.75 Å². The van der Waals surface area contributed by atoms with E-state index in [0.29, 0.717) is 18.7 Å². The van der Waals surface area contributed by atoms with E-state index in [0.717, 1.165) is 65.3 Å². The molecule has 4 aromatic rings. The van der Waals surface area contributed by atoms with E-state index < -0.39 is 6.91 Å². The Hall–Kier alpha value is -4.22. The van der Waals surface area contributed by atoms with Crippen LogP contribution in [0.3, 0.4) is 0 Å². The molecule has 4 N–H and O–H groups in total. The summed E-state index contributed by atoms with van der Waals surface area (Å²) in [6, 6.07) is 37.8. The minimum atomic E-state index is -4.11. The van der Waals surface area contributed by atoms with Crippen molar-refractivity contribution in [2.24, 2.45) is 10.7 Å². The molecule has 0 fully saturated rings. The number of nitrogens with two attached hydrogens (primary N) is 1. The number of aliphatic imine (C=N–C) groups is 1. The van der Waals surface area contributed by atoms with Crippen molar-refractivity contribution in [1.29, 1.82) is 0 Å². The second-order valence-corrected chi connectivity index (χ2v) is 17.0. The van der Waals surface area contributed by atoms with Crippen LogP contribution in [0.1, 0.15) is 63.1 Å². The Balaban J connectivity index is 1.04. The predicted octanol–water partition coefficient (Wildman–Crippen LogP) is 6.73. The Morgan fingerprint density at radius 3 is 1.64 bits per heavy atom. The maximum atomic E-state index is 18.5. The summed E-state index contributed by atoms with van der Waals surface area (Å²) in [6.45, 7) is -3.41. The van der Waals surface area contributed by atoms with Crippen molar-refractivity contribution in [2.45, 2.75) is 57.5 Å². The molecular formula is C39H50FN5OP+. The molecule has 0 aliphatic carbocycles. The van der Waals surface area contributed by atoms with Crippen LogP contribution in [-0.2, 0) is 0 Å². The molecule has 0 saturated carbocycles. The second kappa shape index (κ2) is 16.1. The number of hydrogen-bond donors (Lipinski definition) is 3. The van der Waals surface area contributed by atoms with E-state index in [1.807, 2.05) is 134 Å². The van der Waals surface area contributed by atoms with Crippen LogP contribution in [0, 0.1) is 0 Å². The van der Waals surface area contributed by atoms with Gasteiger partial charge in [0.2, 0.25) is 0 Å². The summed E-state index contributed by atoms with van der Waals surface area (Å²) in [5, 5.41) is 8.85. The number of guanidine groups is 2. The van der Waals surface area contributed by atoms with Crippen LogP contribution in [0.15, 0.2) is 120 Å². The molecule has 1 aliphatic heterocycles. The predicted molar refractivity (Wildman–Crippen MR) is 198 cm³/mol. The molecule has 0 bridgehead atoms. The van der Waals surface area contributed by atoms with Crippen LogP contribution in [0.2, 0.25) is 0 Å². The largest absolute Gasteiger partial charge is 0.251 e. The first-order chi connectivity index (χ1) is 22.9. The van der Waals surface area contributed by atoms with E-state index in [4.69, 9.17) is 10.5 Å². The molecule has 5 rings (SSSR count). The van der Waals surface area contributed by atoms with Gasteiger partial charge in [-0.25, -0.2) is 5.32 Å². The standard InChI is InChI=1S/C39H49FN5OP/c1-45(2)39-43-37(42-38(41)44-39)32-26-28-33(29-27-32)46-30-18-7-5-3-4-6-8-19-31-47(40,34-20-12-9-13-21-34,35-22-14-10-15-23-35)36-24-16-11-17-25-36/h9-17,20-29,37H,3-8,18-19,30-31H2,1-2H3,(H3,41,42,43,44)/p+1. The van der Waals surface area contributed by atoms with E-state index in [2.05, 4.69) is 15.6 Å². The summed E-state index contributed by atoms with van der Waals surface area (Å²) in [5.74, 6) is 2.07. The van der Waals surface area contributed by atoms with Gasteiger partial charge in [0.25, 0.3) is 5.96 Å². The normalized spacial score (nSPS) is 15.5. The molecule has 1 atom stereocenters. The molecule has 4 aromatic carbocycles. The quantitative estimate of drug-likeness (QED) is 0.0712. The van der Waals surface area contributed by atoms with Gasteiger partial charge in [-0.05, 0) is 24.3 Å². The number of rotatable bonds is 16. The van der Waals surface area contributed by atoms with Gasteiger partial charge in [0.05, 0.1) is 14.1 Å². The van der Waals surface area contributed by atoms with Gasteiger partial charge in [-0.3, -0.25) is 9.89 Å². The molecule has 248 valence electrons. The van der Waals surface area contributed by atoms with E-state index >= 15 is 4.20 Å². The number of halogens is 1. The summed E-state index contributed by atoms with van der Waals surface area (Å²) in [6.07, 6.45) is 9.06. The fourth-order valence-corrected chi connectivity index (χ4v) is 11.3. The Labute approximate surface area is 280 Å². The molecule has 0 aromatic heterocycles. The fourth-order valence-electron chi connectivity index (χ4n) is 6.45. The zero-order valence-electron chi connectivity index (χ0n) is 27.8. The van der Waals surface area contributed by atoms with Crippen LogP contribution >= 0.6 is 6.91 Å². The third-order valence-electron chi connectivity index (χ3n) is 9.06. The van der Waals surface area contributed by atoms with Crippen LogP contribution in [0.25, 0.3) is 0 Å². The van der Waals surface area contributed by atoms with Crippen molar-refractivity contribution >= 4 is 34.7 Å². The summed E-state index contributed by atoms with van der Waals surface area (Å²) < 4.78 is 26.4. The molecule has 0 saturated heterocycles. The zero-order valence-corrected chi connectivity index (χ0v) is 28.7. The first-order valence-corrected chi connectivity index (χ1v) is 19.2. The molecule has 0 amide bonds. The first kappa shape index (κ1) is 34.1. The zero-order chi connectivity index (χ0) is 33.0. The third kappa shape index (κ3) is 8.20. The smallest absolute Gasteiger partial charge is 0.0195 e. The molecule has 0 spiro atoms. The van der Waals surface area contributed by atoms with Gasteiger partial charge in [-0.1, -0.05) is 0 Å². The molecule has 1 aliphatic rings. The van der Waals surface area contributed by atoms with E-state index in [1.165, 1.54) is 19.3 Å². The average molecular weight is 655 g/mol. The maximum Gasteiger partial charge on any atom is -0.0195 e. The van der Waals surface area contributed by atoms with Gasteiger partial charge in [-0.15, -0.1) is 0 Å². The van der Waals surface area contributed by atoms with Crippen LogP contribution in [0.4, 0.5) is 4.20 Å².